The molecular weight excluding hydrogens is 233 g/mol. The van der Waals surface area contributed by atoms with Crippen LogP contribution in [-0.4, -0.2) is 23.5 Å². The number of hydrogen-bond acceptors (Lipinski definition) is 4. The number of aromatic nitrogens is 1. The van der Waals surface area contributed by atoms with Gasteiger partial charge >= 0.3 is 0 Å². The van der Waals surface area contributed by atoms with Gasteiger partial charge in [0.2, 0.25) is 5.89 Å². The van der Waals surface area contributed by atoms with Crippen molar-refractivity contribution in [1.29, 1.82) is 5.26 Å². The Morgan fingerprint density at radius 1 is 1.50 bits per heavy atom. The molecule has 4 nitrogen and oxygen atoms in total. The molecule has 1 aromatic heterocycles. The topological polar surface area (TPSA) is 53.1 Å². The van der Waals surface area contributed by atoms with E-state index in [2.05, 4.69) is 4.98 Å². The van der Waals surface area contributed by atoms with Gasteiger partial charge in [0.1, 0.15) is 12.1 Å². The Hall–Kier alpha value is -2.19. The summed E-state index contributed by atoms with van der Waals surface area (Å²) in [6.07, 6.45) is 2.96. The van der Waals surface area contributed by atoms with Crippen LogP contribution in [0.5, 0.6) is 0 Å². The second-order valence-electron chi connectivity index (χ2n) is 3.97. The van der Waals surface area contributed by atoms with E-state index in [1.54, 1.807) is 24.1 Å². The molecule has 0 amide bonds. The van der Waals surface area contributed by atoms with Crippen LogP contribution < -0.4 is 0 Å². The van der Waals surface area contributed by atoms with Gasteiger partial charge < -0.3 is 4.42 Å². The summed E-state index contributed by atoms with van der Waals surface area (Å²) in [5, 5.41) is 8.55. The van der Waals surface area contributed by atoms with E-state index in [9.17, 15) is 4.39 Å². The monoisotopic (exact) mass is 245 g/mol. The molecule has 0 aliphatic carbocycles. The summed E-state index contributed by atoms with van der Waals surface area (Å²) in [5.41, 5.74) is 1.15. The maximum absolute atomic E-state index is 13.9. The lowest BCUT2D eigenvalue weighted by atomic mass is 10.1. The van der Waals surface area contributed by atoms with Crippen molar-refractivity contribution in [3.63, 3.8) is 0 Å². The van der Waals surface area contributed by atoms with Gasteiger partial charge in [-0.25, -0.2) is 9.37 Å². The van der Waals surface area contributed by atoms with Gasteiger partial charge in [-0.2, -0.15) is 5.26 Å². The summed E-state index contributed by atoms with van der Waals surface area (Å²) < 4.78 is 19.0. The van der Waals surface area contributed by atoms with Crippen LogP contribution in [0.25, 0.3) is 11.5 Å². The van der Waals surface area contributed by atoms with Gasteiger partial charge in [0, 0.05) is 17.7 Å². The highest BCUT2D eigenvalue weighted by molar-refractivity contribution is 5.53. The summed E-state index contributed by atoms with van der Waals surface area (Å²) in [6, 6.07) is 6.85. The molecule has 0 unspecified atom stereocenters. The second-order valence-corrected chi connectivity index (χ2v) is 3.97. The molecule has 0 atom stereocenters. The average molecular weight is 245 g/mol. The fourth-order valence-electron chi connectivity index (χ4n) is 1.64. The van der Waals surface area contributed by atoms with Crippen molar-refractivity contribution in [2.75, 3.05) is 13.6 Å². The van der Waals surface area contributed by atoms with E-state index in [1.165, 1.54) is 18.5 Å². The third kappa shape index (κ3) is 2.73. The number of nitriles is 1. The summed E-state index contributed by atoms with van der Waals surface area (Å²) in [6.45, 7) is 0.659. The van der Waals surface area contributed by atoms with Crippen molar-refractivity contribution in [3.8, 4) is 17.5 Å². The van der Waals surface area contributed by atoms with Crippen LogP contribution in [0, 0.1) is 17.1 Å². The first kappa shape index (κ1) is 12.3. The highest BCUT2D eigenvalue weighted by Crippen LogP contribution is 2.20. The first-order chi connectivity index (χ1) is 8.70. The SMILES string of the molecule is CN(CC#N)Cc1ccc(-c2ncco2)cc1F. The molecule has 0 aliphatic heterocycles. The summed E-state index contributed by atoms with van der Waals surface area (Å²) >= 11 is 0. The third-order valence-electron chi connectivity index (χ3n) is 2.51. The maximum atomic E-state index is 13.9. The van der Waals surface area contributed by atoms with E-state index in [4.69, 9.17) is 9.68 Å². The molecule has 1 aromatic carbocycles. The van der Waals surface area contributed by atoms with Crippen molar-refractivity contribution in [2.45, 2.75) is 6.54 Å². The Morgan fingerprint density at radius 2 is 2.33 bits per heavy atom. The average Bonchev–Trinajstić information content (AvgIpc) is 2.85. The van der Waals surface area contributed by atoms with E-state index < -0.39 is 0 Å². The van der Waals surface area contributed by atoms with Gasteiger partial charge in [0.25, 0.3) is 0 Å². The van der Waals surface area contributed by atoms with Gasteiger partial charge in [-0.05, 0) is 19.2 Å². The van der Waals surface area contributed by atoms with Crippen LogP contribution in [0.15, 0.2) is 35.1 Å². The lowest BCUT2D eigenvalue weighted by molar-refractivity contribution is 0.360. The third-order valence-corrected chi connectivity index (χ3v) is 2.51. The van der Waals surface area contributed by atoms with Crippen molar-refractivity contribution < 1.29 is 8.81 Å². The molecular formula is C13H12FN3O. The highest BCUT2D eigenvalue weighted by atomic mass is 19.1. The first-order valence-corrected chi connectivity index (χ1v) is 5.44. The fraction of sp³-hybridized carbons (Fsp3) is 0.231. The minimum atomic E-state index is -0.324. The van der Waals surface area contributed by atoms with Gasteiger partial charge in [0.05, 0.1) is 18.8 Å². The molecule has 5 heteroatoms. The zero-order chi connectivity index (χ0) is 13.0. The van der Waals surface area contributed by atoms with E-state index in [0.717, 1.165) is 0 Å². The number of benzene rings is 1. The normalized spacial score (nSPS) is 10.6. The molecule has 0 saturated heterocycles. The minimum Gasteiger partial charge on any atom is -0.445 e. The van der Waals surface area contributed by atoms with Crippen LogP contribution in [0.1, 0.15) is 5.56 Å². The summed E-state index contributed by atoms with van der Waals surface area (Å²) in [7, 11) is 1.77. The number of rotatable bonds is 4. The molecule has 0 saturated carbocycles. The molecule has 92 valence electrons. The first-order valence-electron chi connectivity index (χ1n) is 5.44. The molecule has 0 N–H and O–H groups in total. The molecule has 18 heavy (non-hydrogen) atoms. The maximum Gasteiger partial charge on any atom is 0.225 e. The molecule has 0 aliphatic rings. The van der Waals surface area contributed by atoms with Gasteiger partial charge in [-0.1, -0.05) is 6.07 Å². The van der Waals surface area contributed by atoms with E-state index in [1.807, 2.05) is 6.07 Å². The lowest BCUT2D eigenvalue weighted by Gasteiger charge is -2.13. The van der Waals surface area contributed by atoms with Crippen molar-refractivity contribution in [2.24, 2.45) is 0 Å². The standard InChI is InChI=1S/C13H12FN3O/c1-17(6-4-15)9-11-3-2-10(8-12(11)14)13-16-5-7-18-13/h2-3,5,7-8H,6,9H2,1H3. The summed E-state index contributed by atoms with van der Waals surface area (Å²) in [5.74, 6) is 0.0707. The minimum absolute atomic E-state index is 0.265. The smallest absolute Gasteiger partial charge is 0.225 e. The number of oxazole rings is 1. The van der Waals surface area contributed by atoms with Crippen LogP contribution >= 0.6 is 0 Å². The number of hydrogen-bond donors (Lipinski definition) is 0. The molecule has 2 rings (SSSR count). The molecule has 0 fully saturated rings. The zero-order valence-corrected chi connectivity index (χ0v) is 9.93. The molecule has 1 heterocycles. The van der Waals surface area contributed by atoms with Crippen LogP contribution in [0.4, 0.5) is 4.39 Å². The highest BCUT2D eigenvalue weighted by Gasteiger charge is 2.09. The van der Waals surface area contributed by atoms with Crippen LogP contribution in [-0.2, 0) is 6.54 Å². The Labute approximate surface area is 104 Å². The lowest BCUT2D eigenvalue weighted by Crippen LogP contribution is -2.18. The van der Waals surface area contributed by atoms with E-state index in [0.29, 0.717) is 23.6 Å². The zero-order valence-electron chi connectivity index (χ0n) is 9.93. The Bertz CT molecular complexity index is 560. The van der Waals surface area contributed by atoms with E-state index in [-0.39, 0.29) is 12.4 Å². The number of nitrogens with zero attached hydrogens (tertiary/aromatic N) is 3. The predicted molar refractivity (Wildman–Crippen MR) is 63.8 cm³/mol. The largest absolute Gasteiger partial charge is 0.445 e. The van der Waals surface area contributed by atoms with Crippen molar-refractivity contribution in [1.82, 2.24) is 9.88 Å². The molecule has 0 radical (unpaired) electrons. The quantitative estimate of drug-likeness (QED) is 0.776. The van der Waals surface area contributed by atoms with Gasteiger partial charge in [0.15, 0.2) is 0 Å². The van der Waals surface area contributed by atoms with Crippen LogP contribution in [0.2, 0.25) is 0 Å². The molecule has 0 spiro atoms. The van der Waals surface area contributed by atoms with Crippen molar-refractivity contribution in [3.05, 3.63) is 42.0 Å². The van der Waals surface area contributed by atoms with E-state index >= 15 is 0 Å². The van der Waals surface area contributed by atoms with Crippen LogP contribution in [0.3, 0.4) is 0 Å². The molecule has 0 bridgehead atoms. The Balaban J connectivity index is 2.18. The van der Waals surface area contributed by atoms with Gasteiger partial charge in [-0.15, -0.1) is 0 Å². The number of halogens is 1. The Morgan fingerprint density at radius 3 is 2.94 bits per heavy atom. The summed E-state index contributed by atoms with van der Waals surface area (Å²) in [4.78, 5) is 5.70. The van der Waals surface area contributed by atoms with Gasteiger partial charge in [-0.3, -0.25) is 4.90 Å². The van der Waals surface area contributed by atoms with Crippen molar-refractivity contribution >= 4 is 0 Å². The second kappa shape index (κ2) is 5.43. The molecule has 2 aromatic rings. The predicted octanol–water partition coefficient (Wildman–Crippen LogP) is 2.44. The Kier molecular flexibility index (Phi) is 3.70. The fourth-order valence-corrected chi connectivity index (χ4v) is 1.64.